The second-order valence-electron chi connectivity index (χ2n) is 7.32. The minimum Gasteiger partial charge on any atom is -0.425 e. The number of rotatable bonds is 8. The number of amides is 1. The van der Waals surface area contributed by atoms with Crippen LogP contribution in [0.3, 0.4) is 0 Å². The zero-order valence-electron chi connectivity index (χ0n) is 18.3. The second-order valence-corrected chi connectivity index (χ2v) is 7.76. The number of benzene rings is 3. The Labute approximate surface area is 203 Å². The van der Waals surface area contributed by atoms with Gasteiger partial charge in [0.15, 0.2) is 5.90 Å². The van der Waals surface area contributed by atoms with E-state index >= 15 is 0 Å². The van der Waals surface area contributed by atoms with E-state index in [2.05, 4.69) is 0 Å². The van der Waals surface area contributed by atoms with Gasteiger partial charge in [-0.3, -0.25) is 15.6 Å². The molecular formula is C26H24ClN5O2. The second kappa shape index (κ2) is 11.6. The van der Waals surface area contributed by atoms with E-state index in [1.54, 1.807) is 66.7 Å². The van der Waals surface area contributed by atoms with Gasteiger partial charge in [-0.05, 0) is 47.5 Å². The van der Waals surface area contributed by atoms with Gasteiger partial charge in [-0.15, -0.1) is 0 Å². The quantitative estimate of drug-likeness (QED) is 0.264. The first kappa shape index (κ1) is 24.4. The molecule has 0 aliphatic heterocycles. The highest BCUT2D eigenvalue weighted by atomic mass is 35.5. The minimum atomic E-state index is -0.375. The van der Waals surface area contributed by atoms with E-state index in [1.165, 1.54) is 11.1 Å². The number of halogens is 1. The first-order valence-electron chi connectivity index (χ1n) is 10.4. The third-order valence-corrected chi connectivity index (χ3v) is 5.19. The third kappa shape index (κ3) is 6.40. The molecule has 8 heteroatoms. The van der Waals surface area contributed by atoms with Crippen molar-refractivity contribution in [1.29, 1.82) is 16.2 Å². The van der Waals surface area contributed by atoms with Crippen LogP contribution in [0.4, 0.5) is 5.69 Å². The Hall–Kier alpha value is -4.23. The van der Waals surface area contributed by atoms with Crippen LogP contribution in [0.5, 0.6) is 0 Å². The topological polar surface area (TPSA) is 127 Å². The highest BCUT2D eigenvalue weighted by Gasteiger charge is 2.20. The molecule has 172 valence electrons. The van der Waals surface area contributed by atoms with E-state index < -0.39 is 0 Å². The molecule has 0 aliphatic carbocycles. The molecule has 0 spiro atoms. The summed E-state index contributed by atoms with van der Waals surface area (Å²) < 4.78 is 5.29. The van der Waals surface area contributed by atoms with Crippen molar-refractivity contribution in [2.24, 2.45) is 5.73 Å². The van der Waals surface area contributed by atoms with Crippen molar-refractivity contribution in [2.45, 2.75) is 13.0 Å². The monoisotopic (exact) mass is 473 g/mol. The molecule has 0 bridgehead atoms. The maximum atomic E-state index is 13.2. The average Bonchev–Trinajstić information content (AvgIpc) is 2.84. The van der Waals surface area contributed by atoms with Crippen LogP contribution >= 0.6 is 11.6 Å². The van der Waals surface area contributed by atoms with Crippen LogP contribution in [0.1, 0.15) is 23.1 Å². The number of carbonyl (C=O) groups excluding carboxylic acids is 1. The summed E-state index contributed by atoms with van der Waals surface area (Å²) in [6.45, 7) is 0.228. The van der Waals surface area contributed by atoms with Crippen molar-refractivity contribution in [1.82, 2.24) is 0 Å². The van der Waals surface area contributed by atoms with Crippen molar-refractivity contribution in [3.8, 4) is 0 Å². The van der Waals surface area contributed by atoms with E-state index in [0.29, 0.717) is 21.8 Å². The fraction of sp³-hybridized carbons (Fsp3) is 0.0769. The van der Waals surface area contributed by atoms with Crippen molar-refractivity contribution >= 4 is 46.8 Å². The average molecular weight is 474 g/mol. The number of ether oxygens (including phenoxy) is 1. The molecule has 3 aromatic carbocycles. The van der Waals surface area contributed by atoms with E-state index in [-0.39, 0.29) is 30.7 Å². The molecule has 0 heterocycles. The Morgan fingerprint density at radius 3 is 2.29 bits per heavy atom. The molecule has 0 fully saturated rings. The van der Waals surface area contributed by atoms with Gasteiger partial charge < -0.3 is 20.8 Å². The van der Waals surface area contributed by atoms with Gasteiger partial charge in [0.25, 0.3) is 0 Å². The molecule has 0 atom stereocenters. The molecule has 0 aliphatic rings. The number of allylic oxidation sites excluding steroid dienone is 1. The first-order valence-corrected chi connectivity index (χ1v) is 10.8. The molecule has 0 aromatic heterocycles. The third-order valence-electron chi connectivity index (χ3n) is 4.95. The number of carbonyl (C=O) groups is 1. The molecule has 34 heavy (non-hydrogen) atoms. The standard InChI is InChI=1S/C26H24ClN5O2/c27-22-8-4-5-18(13-22)17-32(23-11-9-19(10-12-23)21(15-28)16-29)25(33)14-24(30)34-26(31)20-6-2-1-3-7-20/h1-13,15-16,28,30-31H,14,17,29H2/b21-16+,28-15?,30-24?,31-26?. The summed E-state index contributed by atoms with van der Waals surface area (Å²) in [7, 11) is 0. The number of nitrogens with one attached hydrogen (secondary N) is 3. The van der Waals surface area contributed by atoms with Crippen LogP contribution in [0, 0.1) is 16.2 Å². The molecule has 0 saturated carbocycles. The van der Waals surface area contributed by atoms with E-state index in [4.69, 9.17) is 38.3 Å². The zero-order chi connectivity index (χ0) is 24.5. The van der Waals surface area contributed by atoms with Gasteiger partial charge in [0, 0.05) is 34.3 Å². The van der Waals surface area contributed by atoms with Crippen molar-refractivity contribution in [3.63, 3.8) is 0 Å². The number of nitrogens with two attached hydrogens (primary N) is 1. The number of anilines is 1. The Morgan fingerprint density at radius 2 is 1.68 bits per heavy atom. The smallest absolute Gasteiger partial charge is 0.236 e. The van der Waals surface area contributed by atoms with Crippen molar-refractivity contribution < 1.29 is 9.53 Å². The summed E-state index contributed by atoms with van der Waals surface area (Å²) in [5.41, 5.74) is 8.79. The molecule has 0 radical (unpaired) electrons. The van der Waals surface area contributed by atoms with Gasteiger partial charge in [-0.25, -0.2) is 0 Å². The lowest BCUT2D eigenvalue weighted by Crippen LogP contribution is -2.32. The Bertz CT molecular complexity index is 1220. The molecule has 3 aromatic rings. The van der Waals surface area contributed by atoms with Crippen LogP contribution in [-0.4, -0.2) is 23.9 Å². The predicted octanol–water partition coefficient (Wildman–Crippen LogP) is 5.23. The van der Waals surface area contributed by atoms with E-state index in [0.717, 1.165) is 17.3 Å². The van der Waals surface area contributed by atoms with Crippen LogP contribution in [0.15, 0.2) is 85.1 Å². The Balaban J connectivity index is 1.81. The summed E-state index contributed by atoms with van der Waals surface area (Å²) in [6.07, 6.45) is 2.17. The number of nitrogens with zero attached hydrogens (tertiary/aromatic N) is 1. The molecule has 0 saturated heterocycles. The number of hydrogen-bond donors (Lipinski definition) is 4. The largest absolute Gasteiger partial charge is 0.425 e. The van der Waals surface area contributed by atoms with Crippen LogP contribution in [0.2, 0.25) is 5.02 Å². The molecule has 1 amide bonds. The fourth-order valence-electron chi connectivity index (χ4n) is 3.24. The molecule has 0 unspecified atom stereocenters. The van der Waals surface area contributed by atoms with Crippen LogP contribution in [0.25, 0.3) is 5.57 Å². The Kier molecular flexibility index (Phi) is 8.32. The summed E-state index contributed by atoms with van der Waals surface area (Å²) in [4.78, 5) is 14.8. The van der Waals surface area contributed by atoms with Gasteiger partial charge in [-0.1, -0.05) is 54.1 Å². The maximum absolute atomic E-state index is 13.2. The summed E-state index contributed by atoms with van der Waals surface area (Å²) >= 11 is 6.12. The summed E-state index contributed by atoms with van der Waals surface area (Å²) in [5.74, 6) is -0.902. The summed E-state index contributed by atoms with van der Waals surface area (Å²) in [6, 6.07) is 23.0. The van der Waals surface area contributed by atoms with Gasteiger partial charge in [0.2, 0.25) is 11.8 Å². The SMILES string of the molecule is N=C/C(=C\N)c1ccc(N(Cc2cccc(Cl)c2)C(=O)CC(=N)OC(=N)c2ccccc2)cc1. The molecular weight excluding hydrogens is 450 g/mol. The lowest BCUT2D eigenvalue weighted by Gasteiger charge is -2.24. The van der Waals surface area contributed by atoms with Gasteiger partial charge in [0.05, 0.1) is 6.54 Å². The predicted molar refractivity (Wildman–Crippen MR) is 137 cm³/mol. The highest BCUT2D eigenvalue weighted by Crippen LogP contribution is 2.23. The molecule has 7 nitrogen and oxygen atoms in total. The lowest BCUT2D eigenvalue weighted by molar-refractivity contribution is -0.117. The Morgan fingerprint density at radius 1 is 0.971 bits per heavy atom. The maximum Gasteiger partial charge on any atom is 0.236 e. The molecule has 3 rings (SSSR count). The fourth-order valence-corrected chi connectivity index (χ4v) is 3.46. The van der Waals surface area contributed by atoms with Crippen LogP contribution in [-0.2, 0) is 16.1 Å². The number of hydrogen-bond acceptors (Lipinski definition) is 6. The van der Waals surface area contributed by atoms with Gasteiger partial charge in [-0.2, -0.15) is 0 Å². The molecule has 5 N–H and O–H groups in total. The first-order chi connectivity index (χ1) is 16.4. The minimum absolute atomic E-state index is 0.197. The highest BCUT2D eigenvalue weighted by molar-refractivity contribution is 6.30. The van der Waals surface area contributed by atoms with Crippen molar-refractivity contribution in [3.05, 3.63) is 107 Å². The van der Waals surface area contributed by atoms with E-state index in [1.807, 2.05) is 12.1 Å². The summed E-state index contributed by atoms with van der Waals surface area (Å²) in [5, 5.41) is 24.2. The van der Waals surface area contributed by atoms with Gasteiger partial charge >= 0.3 is 0 Å². The zero-order valence-corrected chi connectivity index (χ0v) is 19.0. The van der Waals surface area contributed by atoms with Crippen LogP contribution < -0.4 is 10.6 Å². The lowest BCUT2D eigenvalue weighted by atomic mass is 10.1. The van der Waals surface area contributed by atoms with E-state index in [9.17, 15) is 4.79 Å². The van der Waals surface area contributed by atoms with Gasteiger partial charge in [0.1, 0.15) is 6.42 Å². The normalized spacial score (nSPS) is 10.9. The van der Waals surface area contributed by atoms with Crippen molar-refractivity contribution in [2.75, 3.05) is 4.90 Å².